The molecule has 6 nitrogen and oxygen atoms in total. The van der Waals surface area contributed by atoms with Crippen LogP contribution >= 0.6 is 0 Å². The summed E-state index contributed by atoms with van der Waals surface area (Å²) < 4.78 is 6.33. The maximum Gasteiger partial charge on any atom is 0.305 e. The first-order valence-corrected chi connectivity index (χ1v) is 5.28. The van der Waals surface area contributed by atoms with Crippen LogP contribution in [0.3, 0.4) is 0 Å². The van der Waals surface area contributed by atoms with Gasteiger partial charge in [-0.25, -0.2) is 9.50 Å². The Morgan fingerprint density at radius 1 is 1.59 bits per heavy atom. The molecule has 0 aromatic carbocycles. The summed E-state index contributed by atoms with van der Waals surface area (Å²) in [4.78, 5) is 15.1. The van der Waals surface area contributed by atoms with Crippen molar-refractivity contribution >= 4 is 17.3 Å². The maximum absolute atomic E-state index is 11.1. The second-order valence-electron chi connectivity index (χ2n) is 3.80. The van der Waals surface area contributed by atoms with Crippen molar-refractivity contribution in [2.45, 2.75) is 19.8 Å². The molecule has 0 saturated carbocycles. The van der Waals surface area contributed by atoms with Crippen LogP contribution in [0.25, 0.3) is 5.52 Å². The number of esters is 1. The molecule has 0 saturated heterocycles. The van der Waals surface area contributed by atoms with Gasteiger partial charge < -0.3 is 10.5 Å². The minimum Gasteiger partial charge on any atom is -0.469 e. The van der Waals surface area contributed by atoms with Crippen molar-refractivity contribution in [3.05, 3.63) is 23.7 Å². The van der Waals surface area contributed by atoms with E-state index >= 15 is 0 Å². The van der Waals surface area contributed by atoms with E-state index < -0.39 is 0 Å². The van der Waals surface area contributed by atoms with Gasteiger partial charge in [-0.1, -0.05) is 0 Å². The van der Waals surface area contributed by atoms with E-state index in [1.807, 2.05) is 13.0 Å². The number of anilines is 1. The molecule has 90 valence electrons. The van der Waals surface area contributed by atoms with E-state index in [0.29, 0.717) is 18.7 Å². The molecule has 2 rings (SSSR count). The monoisotopic (exact) mass is 234 g/mol. The third-order valence-corrected chi connectivity index (χ3v) is 2.66. The van der Waals surface area contributed by atoms with E-state index in [1.165, 1.54) is 13.4 Å². The molecule has 2 aromatic heterocycles. The number of aromatic nitrogens is 3. The van der Waals surface area contributed by atoms with Gasteiger partial charge in [0, 0.05) is 12.1 Å². The lowest BCUT2D eigenvalue weighted by Crippen LogP contribution is -2.06. The van der Waals surface area contributed by atoms with Crippen molar-refractivity contribution in [3.63, 3.8) is 0 Å². The first-order chi connectivity index (χ1) is 8.13. The summed E-state index contributed by atoms with van der Waals surface area (Å²) in [7, 11) is 1.38. The molecule has 0 spiro atoms. The van der Waals surface area contributed by atoms with Crippen LogP contribution in [0.2, 0.25) is 0 Å². The molecule has 0 radical (unpaired) electrons. The summed E-state index contributed by atoms with van der Waals surface area (Å²) in [5.74, 6) is 0.210. The minimum absolute atomic E-state index is 0.236. The van der Waals surface area contributed by atoms with Crippen LogP contribution in [0.15, 0.2) is 12.4 Å². The van der Waals surface area contributed by atoms with Crippen molar-refractivity contribution in [2.24, 2.45) is 0 Å². The van der Waals surface area contributed by atoms with Gasteiger partial charge in [0.25, 0.3) is 0 Å². The van der Waals surface area contributed by atoms with Crippen molar-refractivity contribution in [1.82, 2.24) is 14.6 Å². The van der Waals surface area contributed by atoms with Crippen LogP contribution in [0, 0.1) is 6.92 Å². The van der Waals surface area contributed by atoms with Crippen LogP contribution in [-0.2, 0) is 16.0 Å². The first-order valence-electron chi connectivity index (χ1n) is 5.28. The van der Waals surface area contributed by atoms with Gasteiger partial charge in [-0.2, -0.15) is 5.10 Å². The zero-order chi connectivity index (χ0) is 12.4. The number of nitrogens with two attached hydrogens (primary N) is 1. The molecule has 6 heteroatoms. The average Bonchev–Trinajstić information content (AvgIpc) is 2.64. The number of nitrogens with zero attached hydrogens (tertiary/aromatic N) is 3. The van der Waals surface area contributed by atoms with Crippen LogP contribution in [-0.4, -0.2) is 27.7 Å². The lowest BCUT2D eigenvalue weighted by atomic mass is 10.2. The smallest absolute Gasteiger partial charge is 0.305 e. The Labute approximate surface area is 98.4 Å². The highest BCUT2D eigenvalue weighted by molar-refractivity contribution is 5.72. The van der Waals surface area contributed by atoms with Gasteiger partial charge >= 0.3 is 5.97 Å². The largest absolute Gasteiger partial charge is 0.469 e. The fourth-order valence-corrected chi connectivity index (χ4v) is 1.84. The summed E-state index contributed by atoms with van der Waals surface area (Å²) in [5, 5.41) is 4.14. The Bertz CT molecular complexity index is 562. The van der Waals surface area contributed by atoms with E-state index in [4.69, 9.17) is 5.73 Å². The lowest BCUT2D eigenvalue weighted by Gasteiger charge is -2.02. The Morgan fingerprint density at radius 3 is 3.06 bits per heavy atom. The molecule has 2 N–H and O–H groups in total. The van der Waals surface area contributed by atoms with Crippen molar-refractivity contribution in [2.75, 3.05) is 12.8 Å². The molecule has 0 aliphatic heterocycles. The molecule has 2 aromatic rings. The number of carbonyl (C=O) groups is 1. The van der Waals surface area contributed by atoms with E-state index in [2.05, 4.69) is 14.8 Å². The highest BCUT2D eigenvalue weighted by Gasteiger charge is 2.11. The van der Waals surface area contributed by atoms with Crippen molar-refractivity contribution in [1.29, 1.82) is 0 Å². The van der Waals surface area contributed by atoms with Gasteiger partial charge in [0.2, 0.25) is 0 Å². The zero-order valence-electron chi connectivity index (χ0n) is 9.80. The van der Waals surface area contributed by atoms with Crippen molar-refractivity contribution in [3.8, 4) is 0 Å². The topological polar surface area (TPSA) is 82.5 Å². The number of nitrogen functional groups attached to an aromatic ring is 1. The fourth-order valence-electron chi connectivity index (χ4n) is 1.84. The normalized spacial score (nSPS) is 10.7. The number of rotatable bonds is 3. The van der Waals surface area contributed by atoms with Gasteiger partial charge in [0.05, 0.1) is 13.5 Å². The molecule has 0 amide bonds. The number of methoxy groups -OCH3 is 1. The molecule has 0 atom stereocenters. The molecule has 0 bridgehead atoms. The minimum atomic E-state index is -0.236. The van der Waals surface area contributed by atoms with Crippen LogP contribution in [0.1, 0.15) is 17.7 Å². The fraction of sp³-hybridized carbons (Fsp3) is 0.364. The summed E-state index contributed by atoms with van der Waals surface area (Å²) in [6.45, 7) is 1.94. The third kappa shape index (κ3) is 2.06. The standard InChI is InChI=1S/C11H14N4O2/c1-7-5-8(3-4-9(16)17-2)15-10(7)11(12)13-6-14-15/h5-6H,3-4H2,1-2H3,(H2,12,13,14). The Morgan fingerprint density at radius 2 is 2.35 bits per heavy atom. The molecule has 0 fully saturated rings. The van der Waals surface area contributed by atoms with Crippen LogP contribution in [0.5, 0.6) is 0 Å². The highest BCUT2D eigenvalue weighted by atomic mass is 16.5. The van der Waals surface area contributed by atoms with Gasteiger partial charge in [-0.05, 0) is 18.6 Å². The zero-order valence-corrected chi connectivity index (χ0v) is 9.80. The molecule has 0 aliphatic rings. The third-order valence-electron chi connectivity index (χ3n) is 2.66. The number of hydrogen-bond donors (Lipinski definition) is 1. The molecular weight excluding hydrogens is 220 g/mol. The summed E-state index contributed by atoms with van der Waals surface area (Å²) in [6, 6.07) is 1.96. The van der Waals surface area contributed by atoms with Gasteiger partial charge in [0.15, 0.2) is 5.82 Å². The van der Waals surface area contributed by atoms with E-state index in [0.717, 1.165) is 16.8 Å². The number of ether oxygens (including phenoxy) is 1. The van der Waals surface area contributed by atoms with E-state index in [1.54, 1.807) is 4.52 Å². The number of hydrogen-bond acceptors (Lipinski definition) is 5. The van der Waals surface area contributed by atoms with Gasteiger partial charge in [-0.3, -0.25) is 4.79 Å². The molecule has 0 aliphatic carbocycles. The Kier molecular flexibility index (Phi) is 2.95. The lowest BCUT2D eigenvalue weighted by molar-refractivity contribution is -0.140. The maximum atomic E-state index is 11.1. The first kappa shape index (κ1) is 11.4. The Balaban J connectivity index is 2.36. The van der Waals surface area contributed by atoms with E-state index in [9.17, 15) is 4.79 Å². The molecule has 17 heavy (non-hydrogen) atoms. The van der Waals surface area contributed by atoms with Crippen LogP contribution < -0.4 is 5.73 Å². The SMILES string of the molecule is COC(=O)CCc1cc(C)c2c(N)ncnn12. The van der Waals surface area contributed by atoms with Crippen LogP contribution in [0.4, 0.5) is 5.82 Å². The number of fused-ring (bicyclic) bond motifs is 1. The molecule has 2 heterocycles. The molecular formula is C11H14N4O2. The summed E-state index contributed by atoms with van der Waals surface area (Å²) in [6.07, 6.45) is 2.30. The van der Waals surface area contributed by atoms with Gasteiger partial charge in [0.1, 0.15) is 11.8 Å². The van der Waals surface area contributed by atoms with E-state index in [-0.39, 0.29) is 5.97 Å². The number of carbonyl (C=O) groups excluding carboxylic acids is 1. The summed E-state index contributed by atoms with van der Waals surface area (Å²) >= 11 is 0. The quantitative estimate of drug-likeness (QED) is 0.791. The number of aryl methyl sites for hydroxylation is 2. The highest BCUT2D eigenvalue weighted by Crippen LogP contribution is 2.19. The second kappa shape index (κ2) is 4.40. The summed E-state index contributed by atoms with van der Waals surface area (Å²) in [5.41, 5.74) is 8.52. The second-order valence-corrected chi connectivity index (χ2v) is 3.80. The predicted octanol–water partition coefficient (Wildman–Crippen LogP) is 0.726. The van der Waals surface area contributed by atoms with Gasteiger partial charge in [-0.15, -0.1) is 0 Å². The average molecular weight is 234 g/mol. The molecule has 0 unspecified atom stereocenters. The Hall–Kier alpha value is -2.11. The van der Waals surface area contributed by atoms with Crippen molar-refractivity contribution < 1.29 is 9.53 Å². The predicted molar refractivity (Wildman–Crippen MR) is 62.5 cm³/mol.